The first-order chi connectivity index (χ1) is 7.78. The molecule has 1 aliphatic rings. The van der Waals surface area contributed by atoms with E-state index in [2.05, 4.69) is 11.4 Å². The summed E-state index contributed by atoms with van der Waals surface area (Å²) in [6, 6.07) is 4.07. The lowest BCUT2D eigenvalue weighted by Crippen LogP contribution is -2.24. The van der Waals surface area contributed by atoms with Crippen LogP contribution in [0.25, 0.3) is 0 Å². The molecule has 0 saturated heterocycles. The van der Waals surface area contributed by atoms with E-state index in [9.17, 15) is 0 Å². The van der Waals surface area contributed by atoms with E-state index in [1.807, 2.05) is 11.4 Å². The SMILES string of the molecule is N#Cc1csc(CNCC2(CCO)CC2)c1. The van der Waals surface area contributed by atoms with Gasteiger partial charge in [-0.1, -0.05) is 0 Å². The van der Waals surface area contributed by atoms with Gasteiger partial charge in [0.1, 0.15) is 6.07 Å². The number of nitrogens with one attached hydrogen (secondary N) is 1. The molecule has 3 nitrogen and oxygen atoms in total. The van der Waals surface area contributed by atoms with Gasteiger partial charge in [0.05, 0.1) is 5.56 Å². The van der Waals surface area contributed by atoms with Crippen LogP contribution in [0.1, 0.15) is 29.7 Å². The summed E-state index contributed by atoms with van der Waals surface area (Å²) in [6.45, 7) is 2.10. The summed E-state index contributed by atoms with van der Waals surface area (Å²) < 4.78 is 0. The van der Waals surface area contributed by atoms with E-state index in [0.717, 1.165) is 25.1 Å². The molecule has 0 amide bonds. The predicted molar refractivity (Wildman–Crippen MR) is 64.1 cm³/mol. The van der Waals surface area contributed by atoms with Gasteiger partial charge in [-0.25, -0.2) is 0 Å². The second-order valence-electron chi connectivity index (χ2n) is 4.49. The van der Waals surface area contributed by atoms with Crippen LogP contribution in [-0.2, 0) is 6.54 Å². The Morgan fingerprint density at radius 2 is 2.38 bits per heavy atom. The van der Waals surface area contributed by atoms with Crippen molar-refractivity contribution in [2.45, 2.75) is 25.8 Å². The van der Waals surface area contributed by atoms with Crippen LogP contribution in [0.15, 0.2) is 11.4 Å². The Morgan fingerprint density at radius 1 is 1.56 bits per heavy atom. The number of rotatable bonds is 6. The minimum absolute atomic E-state index is 0.291. The summed E-state index contributed by atoms with van der Waals surface area (Å²) in [5.41, 5.74) is 1.11. The second kappa shape index (κ2) is 4.96. The lowest BCUT2D eigenvalue weighted by atomic mass is 10.0. The Labute approximate surface area is 99.7 Å². The van der Waals surface area contributed by atoms with Crippen molar-refractivity contribution in [3.8, 4) is 6.07 Å². The van der Waals surface area contributed by atoms with Crippen molar-refractivity contribution in [2.75, 3.05) is 13.2 Å². The summed E-state index contributed by atoms with van der Waals surface area (Å²) in [4.78, 5) is 1.20. The Morgan fingerprint density at radius 3 is 2.94 bits per heavy atom. The first-order valence-electron chi connectivity index (χ1n) is 5.57. The molecule has 86 valence electrons. The average molecular weight is 236 g/mol. The minimum Gasteiger partial charge on any atom is -0.396 e. The Kier molecular flexibility index (Phi) is 3.59. The fraction of sp³-hybridized carbons (Fsp3) is 0.583. The molecular weight excluding hydrogens is 220 g/mol. The Hall–Kier alpha value is -0.890. The van der Waals surface area contributed by atoms with Gasteiger partial charge in [0.25, 0.3) is 0 Å². The van der Waals surface area contributed by atoms with Crippen LogP contribution in [-0.4, -0.2) is 18.3 Å². The van der Waals surface area contributed by atoms with Crippen LogP contribution >= 0.6 is 11.3 Å². The van der Waals surface area contributed by atoms with Crippen molar-refractivity contribution in [1.82, 2.24) is 5.32 Å². The fourth-order valence-electron chi connectivity index (χ4n) is 1.91. The van der Waals surface area contributed by atoms with Crippen LogP contribution in [0.2, 0.25) is 0 Å². The summed E-state index contributed by atoms with van der Waals surface area (Å²) in [7, 11) is 0. The Bertz CT molecular complexity index is 390. The van der Waals surface area contributed by atoms with Gasteiger partial charge in [-0.2, -0.15) is 5.26 Å². The smallest absolute Gasteiger partial charge is 0.100 e. The molecule has 1 aromatic rings. The van der Waals surface area contributed by atoms with Crippen molar-refractivity contribution in [3.05, 3.63) is 21.9 Å². The van der Waals surface area contributed by atoms with Crippen LogP contribution in [0.3, 0.4) is 0 Å². The van der Waals surface area contributed by atoms with Crippen molar-refractivity contribution in [1.29, 1.82) is 5.26 Å². The average Bonchev–Trinajstić information content (AvgIpc) is 2.89. The molecule has 0 aliphatic heterocycles. The first-order valence-corrected chi connectivity index (χ1v) is 6.45. The lowest BCUT2D eigenvalue weighted by Gasteiger charge is -2.13. The summed E-state index contributed by atoms with van der Waals surface area (Å²) in [6.07, 6.45) is 3.37. The number of aliphatic hydroxyl groups is 1. The summed E-state index contributed by atoms with van der Waals surface area (Å²) in [5, 5.41) is 22.9. The molecule has 0 bridgehead atoms. The number of aliphatic hydroxyl groups excluding tert-OH is 1. The molecule has 2 rings (SSSR count). The van der Waals surface area contributed by atoms with Crippen LogP contribution in [0.5, 0.6) is 0 Å². The quantitative estimate of drug-likeness (QED) is 0.793. The highest BCUT2D eigenvalue weighted by Gasteiger charge is 2.41. The molecule has 0 spiro atoms. The molecule has 0 aromatic carbocycles. The molecule has 2 N–H and O–H groups in total. The van der Waals surface area contributed by atoms with E-state index < -0.39 is 0 Å². The normalized spacial score (nSPS) is 17.0. The van der Waals surface area contributed by atoms with E-state index in [4.69, 9.17) is 10.4 Å². The number of nitrogens with zero attached hydrogens (tertiary/aromatic N) is 1. The third-order valence-corrected chi connectivity index (χ3v) is 4.12. The van der Waals surface area contributed by atoms with Crippen molar-refractivity contribution in [3.63, 3.8) is 0 Å². The number of nitriles is 1. The zero-order valence-electron chi connectivity index (χ0n) is 9.20. The van der Waals surface area contributed by atoms with Crippen LogP contribution in [0.4, 0.5) is 0 Å². The number of hydrogen-bond donors (Lipinski definition) is 2. The van der Waals surface area contributed by atoms with Crippen LogP contribution < -0.4 is 5.32 Å². The van der Waals surface area contributed by atoms with E-state index in [-0.39, 0.29) is 0 Å². The lowest BCUT2D eigenvalue weighted by molar-refractivity contribution is 0.245. The monoisotopic (exact) mass is 236 g/mol. The molecule has 1 aliphatic carbocycles. The molecule has 1 fully saturated rings. The van der Waals surface area contributed by atoms with Gasteiger partial charge in [0, 0.05) is 30.0 Å². The van der Waals surface area contributed by atoms with Gasteiger partial charge < -0.3 is 10.4 Å². The van der Waals surface area contributed by atoms with E-state index in [1.165, 1.54) is 17.7 Å². The summed E-state index contributed by atoms with van der Waals surface area (Å²) >= 11 is 1.62. The van der Waals surface area contributed by atoms with Gasteiger partial charge in [0.2, 0.25) is 0 Å². The van der Waals surface area contributed by atoms with Gasteiger partial charge in [-0.15, -0.1) is 11.3 Å². The molecule has 1 heterocycles. The van der Waals surface area contributed by atoms with Gasteiger partial charge in [-0.3, -0.25) is 0 Å². The largest absolute Gasteiger partial charge is 0.396 e. The zero-order chi connectivity index (χ0) is 11.4. The molecule has 4 heteroatoms. The molecule has 1 saturated carbocycles. The number of thiophene rings is 1. The molecular formula is C12H16N2OS. The molecule has 0 radical (unpaired) electrons. The van der Waals surface area contributed by atoms with E-state index in [0.29, 0.717) is 12.0 Å². The third-order valence-electron chi connectivity index (χ3n) is 3.18. The van der Waals surface area contributed by atoms with Gasteiger partial charge in [-0.05, 0) is 30.7 Å². The minimum atomic E-state index is 0.291. The second-order valence-corrected chi connectivity index (χ2v) is 5.49. The highest BCUT2D eigenvalue weighted by atomic mass is 32.1. The van der Waals surface area contributed by atoms with E-state index >= 15 is 0 Å². The van der Waals surface area contributed by atoms with Gasteiger partial charge >= 0.3 is 0 Å². The topological polar surface area (TPSA) is 56.0 Å². The van der Waals surface area contributed by atoms with E-state index in [1.54, 1.807) is 11.3 Å². The molecule has 1 aromatic heterocycles. The van der Waals surface area contributed by atoms with Gasteiger partial charge in [0.15, 0.2) is 0 Å². The number of hydrogen-bond acceptors (Lipinski definition) is 4. The third kappa shape index (κ3) is 2.82. The van der Waals surface area contributed by atoms with Crippen molar-refractivity contribution in [2.24, 2.45) is 5.41 Å². The predicted octanol–water partition coefficient (Wildman–Crippen LogP) is 1.87. The van der Waals surface area contributed by atoms with Crippen molar-refractivity contribution < 1.29 is 5.11 Å². The zero-order valence-corrected chi connectivity index (χ0v) is 10.0. The highest BCUT2D eigenvalue weighted by Crippen LogP contribution is 2.47. The molecule has 16 heavy (non-hydrogen) atoms. The maximum absolute atomic E-state index is 8.93. The molecule has 0 atom stereocenters. The highest BCUT2D eigenvalue weighted by molar-refractivity contribution is 7.10. The van der Waals surface area contributed by atoms with Crippen molar-refractivity contribution >= 4 is 11.3 Å². The molecule has 0 unspecified atom stereocenters. The maximum atomic E-state index is 8.93. The Balaban J connectivity index is 1.74. The first kappa shape index (κ1) is 11.6. The maximum Gasteiger partial charge on any atom is 0.100 e. The summed E-state index contributed by atoms with van der Waals surface area (Å²) in [5.74, 6) is 0. The fourth-order valence-corrected chi connectivity index (χ4v) is 2.69. The van der Waals surface area contributed by atoms with Crippen LogP contribution in [0, 0.1) is 16.7 Å². The standard InChI is InChI=1S/C12H16N2OS/c13-6-10-5-11(16-8-10)7-14-9-12(1-2-12)3-4-15/h5,8,14-15H,1-4,7,9H2.